The lowest BCUT2D eigenvalue weighted by Crippen LogP contribution is -2.38. The molecular formula is C22H25ClN6O4S. The second-order valence-electron chi connectivity index (χ2n) is 8.42. The minimum Gasteiger partial charge on any atom is -0.459 e. The second kappa shape index (κ2) is 9.92. The number of esters is 1. The van der Waals surface area contributed by atoms with Gasteiger partial charge < -0.3 is 10.5 Å². The SMILES string of the molecule is CC(C)(C)OC(=O)CN(Cc1ccncc1)S(=O)(=O)c1ccc2c(N(Cl)C(=N)N)cncc2c1. The van der Waals surface area contributed by atoms with Crippen molar-refractivity contribution in [1.29, 1.82) is 5.41 Å². The molecule has 3 N–H and O–H groups in total. The number of carbonyl (C=O) groups is 1. The predicted octanol–water partition coefficient (Wildman–Crippen LogP) is 3.02. The van der Waals surface area contributed by atoms with Crippen molar-refractivity contribution in [3.05, 3.63) is 60.7 Å². The molecule has 3 aromatic rings. The number of hydrogen-bond donors (Lipinski definition) is 2. The number of halogens is 1. The molecule has 2 aromatic heterocycles. The first-order chi connectivity index (χ1) is 15.9. The van der Waals surface area contributed by atoms with Crippen LogP contribution in [0.1, 0.15) is 26.3 Å². The highest BCUT2D eigenvalue weighted by atomic mass is 35.5. The van der Waals surface area contributed by atoms with Crippen LogP contribution in [0.5, 0.6) is 0 Å². The third-order valence-electron chi connectivity index (χ3n) is 4.60. The number of nitrogens with one attached hydrogen (secondary N) is 1. The highest BCUT2D eigenvalue weighted by molar-refractivity contribution is 7.89. The Morgan fingerprint density at radius 1 is 1.15 bits per heavy atom. The van der Waals surface area contributed by atoms with Gasteiger partial charge in [0, 0.05) is 47.7 Å². The first-order valence-electron chi connectivity index (χ1n) is 10.2. The number of anilines is 1. The van der Waals surface area contributed by atoms with Gasteiger partial charge in [0.05, 0.1) is 16.8 Å². The Balaban J connectivity index is 2.02. The van der Waals surface area contributed by atoms with Crippen LogP contribution in [0, 0.1) is 5.41 Å². The van der Waals surface area contributed by atoms with E-state index in [-0.39, 0.29) is 11.4 Å². The van der Waals surface area contributed by atoms with Gasteiger partial charge in [-0.1, -0.05) is 6.07 Å². The molecule has 12 heteroatoms. The largest absolute Gasteiger partial charge is 0.459 e. The lowest BCUT2D eigenvalue weighted by atomic mass is 10.1. The summed E-state index contributed by atoms with van der Waals surface area (Å²) in [6.45, 7) is 4.60. The van der Waals surface area contributed by atoms with Crippen molar-refractivity contribution >= 4 is 50.2 Å². The standard InChI is InChI=1S/C22H25ClN6O4S/c1-22(2,3)33-20(30)14-28(13-15-6-8-26-9-7-15)34(31,32)17-4-5-18-16(10-17)11-27-12-19(18)29(23)21(24)25/h4-12H,13-14H2,1-3H3,(H3,24,25). The van der Waals surface area contributed by atoms with Crippen LogP contribution in [0.15, 0.2) is 60.0 Å². The molecule has 0 fully saturated rings. The average molecular weight is 505 g/mol. The number of sulfonamides is 1. The molecule has 1 aromatic carbocycles. The maximum absolute atomic E-state index is 13.6. The molecule has 0 unspecified atom stereocenters. The summed E-state index contributed by atoms with van der Waals surface area (Å²) in [7, 11) is -4.12. The van der Waals surface area contributed by atoms with Crippen molar-refractivity contribution in [3.8, 4) is 0 Å². The van der Waals surface area contributed by atoms with Gasteiger partial charge in [0.2, 0.25) is 16.0 Å². The molecule has 34 heavy (non-hydrogen) atoms. The van der Waals surface area contributed by atoms with Gasteiger partial charge in [0.15, 0.2) is 0 Å². The van der Waals surface area contributed by atoms with Crippen LogP contribution in [0.3, 0.4) is 0 Å². The van der Waals surface area contributed by atoms with Crippen LogP contribution < -0.4 is 10.2 Å². The van der Waals surface area contributed by atoms with Crippen LogP contribution in [0.4, 0.5) is 5.69 Å². The van der Waals surface area contributed by atoms with Crippen molar-refractivity contribution in [1.82, 2.24) is 14.3 Å². The maximum atomic E-state index is 13.6. The van der Waals surface area contributed by atoms with Crippen LogP contribution >= 0.6 is 11.8 Å². The van der Waals surface area contributed by atoms with Crippen molar-refractivity contribution in [3.63, 3.8) is 0 Å². The normalized spacial score (nSPS) is 12.0. The Morgan fingerprint density at radius 2 is 1.82 bits per heavy atom. The number of rotatable bonds is 7. The lowest BCUT2D eigenvalue weighted by Gasteiger charge is -2.25. The van der Waals surface area contributed by atoms with E-state index in [2.05, 4.69) is 9.97 Å². The summed E-state index contributed by atoms with van der Waals surface area (Å²) in [6, 6.07) is 7.73. The Bertz CT molecular complexity index is 1310. The van der Waals surface area contributed by atoms with Gasteiger partial charge in [-0.2, -0.15) is 4.31 Å². The highest BCUT2D eigenvalue weighted by Crippen LogP contribution is 2.30. The summed E-state index contributed by atoms with van der Waals surface area (Å²) in [5.74, 6) is -1.08. The number of ether oxygens (including phenoxy) is 1. The predicted molar refractivity (Wildman–Crippen MR) is 130 cm³/mol. The summed E-state index contributed by atoms with van der Waals surface area (Å²) >= 11 is 6.06. The Hall–Kier alpha value is -3.28. The molecule has 0 aliphatic rings. The number of carbonyl (C=O) groups excluding carboxylic acids is 1. The maximum Gasteiger partial charge on any atom is 0.321 e. The van der Waals surface area contributed by atoms with E-state index < -0.39 is 34.1 Å². The van der Waals surface area contributed by atoms with Crippen LogP contribution in [0.2, 0.25) is 0 Å². The Labute approximate surface area is 203 Å². The van der Waals surface area contributed by atoms with Crippen molar-refractivity contribution < 1.29 is 17.9 Å². The number of guanidine groups is 1. The second-order valence-corrected chi connectivity index (χ2v) is 10.7. The molecule has 0 bridgehead atoms. The summed E-state index contributed by atoms with van der Waals surface area (Å²) in [6.07, 6.45) is 5.99. The first kappa shape index (κ1) is 25.3. The molecule has 0 amide bonds. The molecule has 10 nitrogen and oxygen atoms in total. The number of hydrogen-bond acceptors (Lipinski definition) is 7. The molecule has 0 saturated heterocycles. The number of nitrogens with zero attached hydrogens (tertiary/aromatic N) is 4. The topological polar surface area (TPSA) is 143 Å². The zero-order chi connectivity index (χ0) is 25.1. The lowest BCUT2D eigenvalue weighted by molar-refractivity contribution is -0.155. The van der Waals surface area contributed by atoms with Crippen LogP contribution in [-0.2, 0) is 26.1 Å². The molecule has 0 atom stereocenters. The van der Waals surface area contributed by atoms with E-state index in [0.29, 0.717) is 22.0 Å². The number of pyridine rings is 2. The summed E-state index contributed by atoms with van der Waals surface area (Å²) in [4.78, 5) is 20.5. The molecule has 0 saturated carbocycles. The molecular weight excluding hydrogens is 480 g/mol. The van der Waals surface area contributed by atoms with Crippen molar-refractivity contribution in [2.75, 3.05) is 11.0 Å². The van der Waals surface area contributed by atoms with Gasteiger partial charge in [0.1, 0.15) is 12.1 Å². The van der Waals surface area contributed by atoms with E-state index in [9.17, 15) is 13.2 Å². The van der Waals surface area contributed by atoms with Gasteiger partial charge in [-0.15, -0.1) is 0 Å². The van der Waals surface area contributed by atoms with Crippen molar-refractivity contribution in [2.24, 2.45) is 5.73 Å². The van der Waals surface area contributed by atoms with E-state index >= 15 is 0 Å². The third kappa shape index (κ3) is 5.99. The molecule has 0 aliphatic heterocycles. The smallest absolute Gasteiger partial charge is 0.321 e. The van der Waals surface area contributed by atoms with Gasteiger partial charge >= 0.3 is 5.97 Å². The minimum atomic E-state index is -4.12. The fraction of sp³-hybridized carbons (Fsp3) is 0.273. The first-order valence-corrected chi connectivity index (χ1v) is 11.9. The Morgan fingerprint density at radius 3 is 2.44 bits per heavy atom. The minimum absolute atomic E-state index is 0.0412. The number of benzene rings is 1. The molecule has 3 rings (SSSR count). The fourth-order valence-electron chi connectivity index (χ4n) is 3.17. The zero-order valence-electron chi connectivity index (χ0n) is 18.9. The molecule has 0 radical (unpaired) electrons. The summed E-state index contributed by atoms with van der Waals surface area (Å²) in [5, 5.41) is 8.55. The molecule has 180 valence electrons. The highest BCUT2D eigenvalue weighted by Gasteiger charge is 2.29. The van der Waals surface area contributed by atoms with E-state index in [4.69, 9.17) is 27.7 Å². The molecule has 2 heterocycles. The van der Waals surface area contributed by atoms with E-state index in [1.54, 1.807) is 51.4 Å². The summed E-state index contributed by atoms with van der Waals surface area (Å²) < 4.78 is 34.5. The third-order valence-corrected chi connectivity index (χ3v) is 6.76. The summed E-state index contributed by atoms with van der Waals surface area (Å²) in [5.41, 5.74) is 5.68. The number of nitrogens with two attached hydrogens (primary N) is 1. The molecule has 0 spiro atoms. The van der Waals surface area contributed by atoms with Gasteiger partial charge in [-0.05, 0) is 50.6 Å². The fourth-order valence-corrected chi connectivity index (χ4v) is 4.71. The van der Waals surface area contributed by atoms with Crippen LogP contribution in [-0.4, -0.2) is 46.8 Å². The Kier molecular flexibility index (Phi) is 7.39. The number of fused-ring (bicyclic) bond motifs is 1. The quantitative estimate of drug-likeness (QED) is 0.216. The van der Waals surface area contributed by atoms with Gasteiger partial charge in [0.25, 0.3) is 0 Å². The molecule has 0 aliphatic carbocycles. The van der Waals surface area contributed by atoms with E-state index in [1.807, 2.05) is 0 Å². The zero-order valence-corrected chi connectivity index (χ0v) is 20.5. The monoisotopic (exact) mass is 504 g/mol. The number of aromatic nitrogens is 2. The van der Waals surface area contributed by atoms with Crippen molar-refractivity contribution in [2.45, 2.75) is 37.8 Å². The van der Waals surface area contributed by atoms with Gasteiger partial charge in [-0.3, -0.25) is 20.2 Å². The van der Waals surface area contributed by atoms with E-state index in [1.165, 1.54) is 24.5 Å². The van der Waals surface area contributed by atoms with Crippen LogP contribution in [0.25, 0.3) is 10.8 Å². The van der Waals surface area contributed by atoms with E-state index in [0.717, 1.165) is 8.72 Å². The van der Waals surface area contributed by atoms with Gasteiger partial charge in [-0.25, -0.2) is 12.8 Å². The average Bonchev–Trinajstić information content (AvgIpc) is 2.76.